The maximum absolute atomic E-state index is 13.2. The van der Waals surface area contributed by atoms with Crippen molar-refractivity contribution in [1.29, 1.82) is 0 Å². The van der Waals surface area contributed by atoms with Gasteiger partial charge in [0, 0.05) is 24.8 Å². The Morgan fingerprint density at radius 1 is 0.939 bits per heavy atom. The molecule has 5 rings (SSSR count). The van der Waals surface area contributed by atoms with E-state index in [1.54, 1.807) is 13.2 Å². The fourth-order valence-electron chi connectivity index (χ4n) is 5.12. The Bertz CT molecular complexity index is 1220. The topological polar surface area (TPSA) is 49.9 Å². The predicted molar refractivity (Wildman–Crippen MR) is 132 cm³/mol. The van der Waals surface area contributed by atoms with Crippen molar-refractivity contribution >= 4 is 21.2 Å². The van der Waals surface area contributed by atoms with Crippen LogP contribution in [-0.4, -0.2) is 46.1 Å². The molecule has 1 saturated heterocycles. The highest BCUT2D eigenvalue weighted by Gasteiger charge is 2.33. The zero-order chi connectivity index (χ0) is 22.8. The van der Waals surface area contributed by atoms with E-state index in [0.29, 0.717) is 10.9 Å². The normalized spacial score (nSPS) is 19.5. The summed E-state index contributed by atoms with van der Waals surface area (Å²) >= 11 is 0. The van der Waals surface area contributed by atoms with Gasteiger partial charge < -0.3 is 9.64 Å². The number of hydrogen-bond donors (Lipinski definition) is 0. The van der Waals surface area contributed by atoms with Gasteiger partial charge in [-0.1, -0.05) is 42.5 Å². The van der Waals surface area contributed by atoms with Crippen molar-refractivity contribution in [2.45, 2.75) is 36.0 Å². The molecule has 5 nitrogen and oxygen atoms in total. The lowest BCUT2D eigenvalue weighted by molar-refractivity contribution is 0.261. The molecule has 0 radical (unpaired) electrons. The first-order valence-electron chi connectivity index (χ1n) is 11.6. The highest BCUT2D eigenvalue weighted by atomic mass is 32.2. The van der Waals surface area contributed by atoms with Crippen LogP contribution in [0.5, 0.6) is 5.75 Å². The molecule has 3 aromatic rings. The predicted octanol–water partition coefficient (Wildman–Crippen LogP) is 4.83. The van der Waals surface area contributed by atoms with Gasteiger partial charge in [0.1, 0.15) is 5.75 Å². The summed E-state index contributed by atoms with van der Waals surface area (Å²) < 4.78 is 31.6. The second-order valence-electron chi connectivity index (χ2n) is 8.90. The van der Waals surface area contributed by atoms with Crippen LogP contribution in [0.15, 0.2) is 77.7 Å². The summed E-state index contributed by atoms with van der Waals surface area (Å²) in [6.07, 6.45) is 3.28. The lowest BCUT2D eigenvalue weighted by Crippen LogP contribution is -2.40. The second kappa shape index (κ2) is 9.20. The average molecular weight is 463 g/mol. The fraction of sp³-hybridized carbons (Fsp3) is 0.333. The van der Waals surface area contributed by atoms with Crippen LogP contribution in [-0.2, 0) is 22.0 Å². The number of rotatable bonds is 6. The second-order valence-corrected chi connectivity index (χ2v) is 10.9. The number of anilines is 2. The van der Waals surface area contributed by atoms with E-state index in [4.69, 9.17) is 4.74 Å². The molecule has 2 aliphatic rings. The largest absolute Gasteiger partial charge is 0.497 e. The summed E-state index contributed by atoms with van der Waals surface area (Å²) in [4.78, 5) is 5.24. The van der Waals surface area contributed by atoms with Crippen molar-refractivity contribution < 1.29 is 13.2 Å². The van der Waals surface area contributed by atoms with Crippen LogP contribution in [0.3, 0.4) is 0 Å². The fourth-order valence-corrected chi connectivity index (χ4v) is 6.71. The summed E-state index contributed by atoms with van der Waals surface area (Å²) in [6.45, 7) is 2.86. The van der Waals surface area contributed by atoms with Crippen LogP contribution in [0, 0.1) is 0 Å². The SMILES string of the molecule is COc1ccc(CCN2CCCC2CN2c3ccccc3CS(=O)(=O)c3ccccc32)cc1. The Labute approximate surface area is 196 Å². The third-order valence-electron chi connectivity index (χ3n) is 6.86. The number of likely N-dealkylation sites (tertiary alicyclic amines) is 1. The molecule has 1 fully saturated rings. The Morgan fingerprint density at radius 2 is 1.67 bits per heavy atom. The van der Waals surface area contributed by atoms with E-state index >= 15 is 0 Å². The Kier molecular flexibility index (Phi) is 6.13. The standard InChI is InChI=1S/C27H30N2O3S/c1-32-24-14-12-21(13-15-24)16-18-28-17-6-8-23(28)19-29-25-9-3-2-7-22(25)20-33(30,31)27-11-5-4-10-26(27)29/h2-5,7,9-15,23H,6,8,16-20H2,1H3. The molecule has 2 heterocycles. The lowest BCUT2D eigenvalue weighted by atomic mass is 10.1. The number of ether oxygens (including phenoxy) is 1. The zero-order valence-corrected chi connectivity index (χ0v) is 19.8. The van der Waals surface area contributed by atoms with Crippen molar-refractivity contribution in [2.24, 2.45) is 0 Å². The first kappa shape index (κ1) is 22.0. The van der Waals surface area contributed by atoms with Crippen LogP contribution in [0.4, 0.5) is 11.4 Å². The third kappa shape index (κ3) is 4.50. The van der Waals surface area contributed by atoms with Crippen molar-refractivity contribution in [3.8, 4) is 5.75 Å². The van der Waals surface area contributed by atoms with Gasteiger partial charge in [-0.25, -0.2) is 8.42 Å². The Morgan fingerprint density at radius 3 is 2.45 bits per heavy atom. The van der Waals surface area contributed by atoms with Gasteiger partial charge in [0.15, 0.2) is 9.84 Å². The van der Waals surface area contributed by atoms with E-state index in [1.165, 1.54) is 12.0 Å². The van der Waals surface area contributed by atoms with Crippen LogP contribution in [0.25, 0.3) is 0 Å². The van der Waals surface area contributed by atoms with Gasteiger partial charge in [0.2, 0.25) is 0 Å². The molecular weight excluding hydrogens is 432 g/mol. The highest BCUT2D eigenvalue weighted by Crippen LogP contribution is 2.40. The first-order valence-corrected chi connectivity index (χ1v) is 13.2. The summed E-state index contributed by atoms with van der Waals surface area (Å²) in [5.74, 6) is 0.925. The molecule has 172 valence electrons. The van der Waals surface area contributed by atoms with Crippen molar-refractivity contribution in [3.63, 3.8) is 0 Å². The van der Waals surface area contributed by atoms with Gasteiger partial charge >= 0.3 is 0 Å². The quantitative estimate of drug-likeness (QED) is 0.525. The van der Waals surface area contributed by atoms with Crippen molar-refractivity contribution in [3.05, 3.63) is 83.9 Å². The van der Waals surface area contributed by atoms with E-state index in [1.807, 2.05) is 48.5 Å². The molecule has 0 saturated carbocycles. The molecule has 6 heteroatoms. The smallest absolute Gasteiger partial charge is 0.184 e. The minimum atomic E-state index is -3.39. The number of fused-ring (bicyclic) bond motifs is 2. The average Bonchev–Trinajstić information content (AvgIpc) is 3.25. The monoisotopic (exact) mass is 462 g/mol. The number of methoxy groups -OCH3 is 1. The molecule has 0 bridgehead atoms. The zero-order valence-electron chi connectivity index (χ0n) is 19.0. The Balaban J connectivity index is 1.40. The van der Waals surface area contributed by atoms with Gasteiger partial charge in [0.05, 0.1) is 23.4 Å². The summed E-state index contributed by atoms with van der Waals surface area (Å²) in [5.41, 5.74) is 3.98. The Hall–Kier alpha value is -2.83. The third-order valence-corrected chi connectivity index (χ3v) is 8.56. The molecule has 33 heavy (non-hydrogen) atoms. The van der Waals surface area contributed by atoms with Crippen molar-refractivity contribution in [1.82, 2.24) is 4.90 Å². The molecule has 0 N–H and O–H groups in total. The lowest BCUT2D eigenvalue weighted by Gasteiger charge is -2.33. The van der Waals surface area contributed by atoms with E-state index in [-0.39, 0.29) is 5.75 Å². The van der Waals surface area contributed by atoms with Gasteiger partial charge in [-0.15, -0.1) is 0 Å². The maximum atomic E-state index is 13.2. The van der Waals surface area contributed by atoms with Crippen LogP contribution in [0.2, 0.25) is 0 Å². The number of para-hydroxylation sites is 2. The van der Waals surface area contributed by atoms with Crippen LogP contribution < -0.4 is 9.64 Å². The van der Waals surface area contributed by atoms with Crippen molar-refractivity contribution in [2.75, 3.05) is 31.6 Å². The first-order chi connectivity index (χ1) is 16.0. The number of nitrogens with zero attached hydrogens (tertiary/aromatic N) is 2. The molecule has 2 aliphatic heterocycles. The molecule has 0 aromatic heterocycles. The molecule has 0 aliphatic carbocycles. The number of benzene rings is 3. The van der Waals surface area contributed by atoms with Gasteiger partial charge in [-0.3, -0.25) is 4.90 Å². The van der Waals surface area contributed by atoms with Gasteiger partial charge in [0.25, 0.3) is 0 Å². The van der Waals surface area contributed by atoms with E-state index in [2.05, 4.69) is 28.0 Å². The highest BCUT2D eigenvalue weighted by molar-refractivity contribution is 7.90. The summed E-state index contributed by atoms with van der Waals surface area (Å²) in [7, 11) is -1.70. The summed E-state index contributed by atoms with van der Waals surface area (Å²) in [5, 5.41) is 0. The van der Waals surface area contributed by atoms with Crippen LogP contribution in [0.1, 0.15) is 24.0 Å². The van der Waals surface area contributed by atoms with E-state index in [0.717, 1.165) is 55.2 Å². The molecule has 1 unspecified atom stereocenters. The van der Waals surface area contributed by atoms with E-state index in [9.17, 15) is 8.42 Å². The maximum Gasteiger partial charge on any atom is 0.184 e. The van der Waals surface area contributed by atoms with Crippen LogP contribution >= 0.6 is 0 Å². The van der Waals surface area contributed by atoms with Gasteiger partial charge in [-0.2, -0.15) is 0 Å². The molecule has 0 amide bonds. The molecule has 1 atom stereocenters. The minimum absolute atomic E-state index is 0.0442. The van der Waals surface area contributed by atoms with E-state index < -0.39 is 9.84 Å². The molecule has 3 aromatic carbocycles. The minimum Gasteiger partial charge on any atom is -0.497 e. The number of hydrogen-bond acceptors (Lipinski definition) is 5. The summed E-state index contributed by atoms with van der Waals surface area (Å²) in [6, 6.07) is 24.1. The molecular formula is C27H30N2O3S. The number of sulfone groups is 1. The molecule has 0 spiro atoms. The van der Waals surface area contributed by atoms with Gasteiger partial charge in [-0.05, 0) is 67.3 Å².